The lowest BCUT2D eigenvalue weighted by Crippen LogP contribution is -2.47. The van der Waals surface area contributed by atoms with Gasteiger partial charge in [0.25, 0.3) is 5.97 Å². The van der Waals surface area contributed by atoms with E-state index in [4.69, 9.17) is 36.1 Å². The van der Waals surface area contributed by atoms with E-state index in [9.17, 15) is 9.90 Å². The topological polar surface area (TPSA) is 191 Å². The van der Waals surface area contributed by atoms with Crippen LogP contribution in [0.3, 0.4) is 0 Å². The van der Waals surface area contributed by atoms with Crippen molar-refractivity contribution in [1.82, 2.24) is 0 Å². The first-order chi connectivity index (χ1) is 19.8. The molecule has 42 heavy (non-hydrogen) atoms. The molecule has 0 aliphatic carbocycles. The van der Waals surface area contributed by atoms with E-state index in [0.717, 1.165) is 6.92 Å². The van der Waals surface area contributed by atoms with Crippen molar-refractivity contribution >= 4 is 12.3 Å². The van der Waals surface area contributed by atoms with E-state index in [1.807, 2.05) is 0 Å². The summed E-state index contributed by atoms with van der Waals surface area (Å²) in [5, 5.41) is 50.8. The van der Waals surface area contributed by atoms with Gasteiger partial charge in [0.05, 0.1) is 13.2 Å². The Morgan fingerprint density at radius 2 is 1.17 bits per heavy atom. The van der Waals surface area contributed by atoms with Crippen LogP contribution in [0.4, 0.5) is 0 Å². The SMILES string of the molecule is C=CCO.CC(=O)O.CCCCCCCCCCCCCCCCCC(C)(C)N.CO[C@@H](C=O)[C@@H](O)[C@H](O)[C@H](O)CO. The van der Waals surface area contributed by atoms with E-state index in [-0.39, 0.29) is 12.1 Å². The number of ether oxygens (including phenoxy) is 1. The number of aliphatic carboxylic acids is 1. The van der Waals surface area contributed by atoms with Crippen LogP contribution in [0.2, 0.25) is 0 Å². The minimum Gasteiger partial charge on any atom is -0.481 e. The quantitative estimate of drug-likeness (QED) is 0.0492. The second-order valence-electron chi connectivity index (χ2n) is 11.2. The number of hydrogen-bond donors (Lipinski definition) is 7. The average Bonchev–Trinajstić information content (AvgIpc) is 2.94. The van der Waals surface area contributed by atoms with Crippen molar-refractivity contribution in [3.05, 3.63) is 12.7 Å². The van der Waals surface area contributed by atoms with Gasteiger partial charge >= 0.3 is 0 Å². The first-order valence-corrected chi connectivity index (χ1v) is 15.6. The number of hydrogen-bond acceptors (Lipinski definition) is 9. The second-order valence-corrected chi connectivity index (χ2v) is 11.2. The van der Waals surface area contributed by atoms with Crippen LogP contribution in [-0.2, 0) is 14.3 Å². The molecule has 0 fully saturated rings. The highest BCUT2D eigenvalue weighted by atomic mass is 16.5. The molecule has 0 unspecified atom stereocenters. The van der Waals surface area contributed by atoms with Gasteiger partial charge in [-0.1, -0.05) is 109 Å². The van der Waals surface area contributed by atoms with Gasteiger partial charge in [0.1, 0.15) is 24.4 Å². The molecule has 0 bridgehead atoms. The highest BCUT2D eigenvalue weighted by molar-refractivity contribution is 5.63. The van der Waals surface area contributed by atoms with E-state index < -0.39 is 37.0 Å². The Bertz CT molecular complexity index is 567. The predicted octanol–water partition coefficient (Wildman–Crippen LogP) is 4.52. The predicted molar refractivity (Wildman–Crippen MR) is 170 cm³/mol. The van der Waals surface area contributed by atoms with E-state index in [2.05, 4.69) is 32.1 Å². The van der Waals surface area contributed by atoms with Crippen LogP contribution in [0.5, 0.6) is 0 Å². The lowest BCUT2D eigenvalue weighted by molar-refractivity contribution is -0.141. The number of unbranched alkanes of at least 4 members (excludes halogenated alkanes) is 14. The van der Waals surface area contributed by atoms with Crippen LogP contribution in [0, 0.1) is 0 Å². The van der Waals surface area contributed by atoms with Crippen LogP contribution < -0.4 is 5.73 Å². The maximum Gasteiger partial charge on any atom is 0.300 e. The molecule has 0 heterocycles. The minimum atomic E-state index is -1.61. The number of nitrogens with two attached hydrogens (primary N) is 1. The van der Waals surface area contributed by atoms with E-state index in [1.165, 1.54) is 116 Å². The third-order valence-corrected chi connectivity index (χ3v) is 6.23. The van der Waals surface area contributed by atoms with Gasteiger partial charge < -0.3 is 45.9 Å². The molecule has 10 nitrogen and oxygen atoms in total. The average molecular weight is 610 g/mol. The van der Waals surface area contributed by atoms with Gasteiger partial charge in [-0.3, -0.25) is 4.79 Å². The zero-order valence-electron chi connectivity index (χ0n) is 27.4. The van der Waals surface area contributed by atoms with E-state index in [1.54, 1.807) is 0 Å². The summed E-state index contributed by atoms with van der Waals surface area (Å²) in [6, 6.07) is 0. The summed E-state index contributed by atoms with van der Waals surface area (Å²) < 4.78 is 4.51. The Labute approximate surface area is 256 Å². The van der Waals surface area contributed by atoms with Crippen LogP contribution in [0.15, 0.2) is 12.7 Å². The number of aliphatic hydroxyl groups excluding tert-OH is 5. The van der Waals surface area contributed by atoms with Gasteiger partial charge in [-0.05, 0) is 20.3 Å². The molecule has 0 aromatic carbocycles. The number of methoxy groups -OCH3 is 1. The molecule has 254 valence electrons. The first-order valence-electron chi connectivity index (χ1n) is 15.6. The minimum absolute atomic E-state index is 0.0382. The second kappa shape index (κ2) is 35.8. The highest BCUT2D eigenvalue weighted by Gasteiger charge is 2.30. The molecular weight excluding hydrogens is 542 g/mol. The van der Waals surface area contributed by atoms with Crippen molar-refractivity contribution in [3.8, 4) is 0 Å². The Morgan fingerprint density at radius 1 is 0.833 bits per heavy atom. The molecule has 0 saturated carbocycles. The third kappa shape index (κ3) is 43.1. The fourth-order valence-electron chi connectivity index (χ4n) is 3.76. The zero-order chi connectivity index (χ0) is 33.2. The maximum absolute atomic E-state index is 10.3. The van der Waals surface area contributed by atoms with Gasteiger partial charge in [0.15, 0.2) is 6.29 Å². The summed E-state index contributed by atoms with van der Waals surface area (Å²) in [5.74, 6) is -0.833. The monoisotopic (exact) mass is 609 g/mol. The molecule has 0 radical (unpaired) electrons. The largest absolute Gasteiger partial charge is 0.481 e. The van der Waals surface area contributed by atoms with Gasteiger partial charge in [-0.2, -0.15) is 0 Å². The van der Waals surface area contributed by atoms with Crippen molar-refractivity contribution in [2.24, 2.45) is 5.73 Å². The number of carboxylic acids is 1. The smallest absolute Gasteiger partial charge is 0.300 e. The van der Waals surface area contributed by atoms with Crippen molar-refractivity contribution in [3.63, 3.8) is 0 Å². The van der Waals surface area contributed by atoms with Gasteiger partial charge in [0, 0.05) is 19.6 Å². The van der Waals surface area contributed by atoms with Crippen molar-refractivity contribution in [2.75, 3.05) is 20.3 Å². The number of carbonyl (C=O) groups is 2. The maximum atomic E-state index is 10.3. The lowest BCUT2D eigenvalue weighted by Gasteiger charge is -2.24. The van der Waals surface area contributed by atoms with Crippen LogP contribution in [0.1, 0.15) is 130 Å². The number of carboxylic acid groups (broad SMARTS) is 1. The van der Waals surface area contributed by atoms with Gasteiger partial charge in [-0.25, -0.2) is 0 Å². The Kier molecular flexibility index (Phi) is 40.5. The molecule has 0 aromatic heterocycles. The molecule has 0 aliphatic rings. The summed E-state index contributed by atoms with van der Waals surface area (Å²) in [6.07, 6.45) is 18.5. The van der Waals surface area contributed by atoms with Gasteiger partial charge in [-0.15, -0.1) is 6.58 Å². The molecule has 0 aromatic rings. The fraction of sp³-hybridized carbons (Fsp3) is 0.875. The Balaban J connectivity index is -0.000000290. The molecule has 0 aliphatic heterocycles. The summed E-state index contributed by atoms with van der Waals surface area (Å²) in [6.45, 7) is 10.3. The summed E-state index contributed by atoms with van der Waals surface area (Å²) >= 11 is 0. The van der Waals surface area contributed by atoms with E-state index >= 15 is 0 Å². The molecule has 0 amide bonds. The van der Waals surface area contributed by atoms with Crippen LogP contribution in [-0.4, -0.2) is 93.2 Å². The van der Waals surface area contributed by atoms with Crippen molar-refractivity contribution in [2.45, 2.75) is 160 Å². The molecule has 0 saturated heterocycles. The zero-order valence-corrected chi connectivity index (χ0v) is 27.4. The number of rotatable bonds is 23. The Morgan fingerprint density at radius 3 is 1.40 bits per heavy atom. The fourth-order valence-corrected chi connectivity index (χ4v) is 3.76. The van der Waals surface area contributed by atoms with Crippen molar-refractivity contribution < 1.29 is 45.0 Å². The molecule has 0 rings (SSSR count). The molecule has 4 atom stereocenters. The number of carbonyl (C=O) groups excluding carboxylic acids is 1. The number of aliphatic hydroxyl groups is 5. The normalized spacial score (nSPS) is 13.5. The molecule has 0 spiro atoms. The molecule has 8 N–H and O–H groups in total. The summed E-state index contributed by atoms with van der Waals surface area (Å²) in [7, 11) is 1.18. The lowest BCUT2D eigenvalue weighted by atomic mass is 9.97. The summed E-state index contributed by atoms with van der Waals surface area (Å²) in [4.78, 5) is 19.3. The van der Waals surface area contributed by atoms with Gasteiger partial charge in [0.2, 0.25) is 0 Å². The summed E-state index contributed by atoms with van der Waals surface area (Å²) in [5.41, 5.74) is 6.03. The van der Waals surface area contributed by atoms with E-state index in [0.29, 0.717) is 6.29 Å². The van der Waals surface area contributed by atoms with Crippen molar-refractivity contribution in [1.29, 1.82) is 0 Å². The number of aldehydes is 1. The highest BCUT2D eigenvalue weighted by Crippen LogP contribution is 2.15. The third-order valence-electron chi connectivity index (χ3n) is 6.23. The first kappa shape index (κ1) is 47.5. The van der Waals surface area contributed by atoms with Crippen LogP contribution in [0.25, 0.3) is 0 Å². The molecular formula is C32H67NO9. The standard InChI is InChI=1S/C20H43N.C7H14O6.C3H6O.C2H4O2/c1-4-5-6-7-8-9-10-11-12-13-14-15-16-17-18-19-20(2,3)21;1-13-5(3-9)7(12)6(11)4(10)2-8;1-2-3-4;1-2(3)4/h4-19,21H2,1-3H3;3-8,10-12H,2H2,1H3;2,4H,1,3H2;1H3,(H,3,4)/t;4-,5+,6-,7-;;/m.1../s1. The van der Waals surface area contributed by atoms with Crippen LogP contribution >= 0.6 is 0 Å². The Hall–Kier alpha value is -1.40. The molecule has 10 heteroatoms.